The Balaban J connectivity index is 1.72. The Kier molecular flexibility index (Phi) is 4.04. The van der Waals surface area contributed by atoms with E-state index in [1.165, 1.54) is 19.3 Å². The van der Waals surface area contributed by atoms with E-state index in [1.54, 1.807) is 6.07 Å². The first-order valence-corrected chi connectivity index (χ1v) is 7.60. The van der Waals surface area contributed by atoms with E-state index >= 15 is 0 Å². The molecular weight excluding hydrogens is 264 g/mol. The largest absolute Gasteiger partial charge is 0.352 e. The molecule has 1 saturated carbocycles. The number of carbonyl (C=O) groups is 2. The Morgan fingerprint density at radius 1 is 1.24 bits per heavy atom. The van der Waals surface area contributed by atoms with E-state index in [-0.39, 0.29) is 5.91 Å². The minimum Gasteiger partial charge on any atom is -0.352 e. The fourth-order valence-corrected chi connectivity index (χ4v) is 3.16. The third kappa shape index (κ3) is 2.99. The van der Waals surface area contributed by atoms with Crippen LogP contribution in [0.25, 0.3) is 10.9 Å². The van der Waals surface area contributed by atoms with Gasteiger partial charge in [0, 0.05) is 28.7 Å². The SMILES string of the molecule is O=Cc1cccc2c1ccn2CC(=O)NC1CCCCC1. The van der Waals surface area contributed by atoms with Crippen molar-refractivity contribution in [3.8, 4) is 0 Å². The minimum atomic E-state index is 0.0518. The van der Waals surface area contributed by atoms with Crippen molar-refractivity contribution in [1.29, 1.82) is 0 Å². The molecule has 4 heteroatoms. The first-order valence-electron chi connectivity index (χ1n) is 7.60. The summed E-state index contributed by atoms with van der Waals surface area (Å²) in [6.07, 6.45) is 8.61. The van der Waals surface area contributed by atoms with Crippen LogP contribution in [0, 0.1) is 0 Å². The topological polar surface area (TPSA) is 51.1 Å². The minimum absolute atomic E-state index is 0.0518. The van der Waals surface area contributed by atoms with Crippen LogP contribution < -0.4 is 5.32 Å². The summed E-state index contributed by atoms with van der Waals surface area (Å²) in [5, 5.41) is 4.02. The maximum absolute atomic E-state index is 12.2. The lowest BCUT2D eigenvalue weighted by Gasteiger charge is -2.22. The van der Waals surface area contributed by atoms with Crippen LogP contribution in [0.5, 0.6) is 0 Å². The van der Waals surface area contributed by atoms with E-state index in [4.69, 9.17) is 0 Å². The van der Waals surface area contributed by atoms with Gasteiger partial charge in [0.1, 0.15) is 6.54 Å². The quantitative estimate of drug-likeness (QED) is 0.878. The number of amides is 1. The lowest BCUT2D eigenvalue weighted by molar-refractivity contribution is -0.122. The van der Waals surface area contributed by atoms with Crippen molar-refractivity contribution in [2.75, 3.05) is 0 Å². The summed E-state index contributed by atoms with van der Waals surface area (Å²) in [4.78, 5) is 23.2. The molecule has 110 valence electrons. The van der Waals surface area contributed by atoms with Crippen molar-refractivity contribution in [3.63, 3.8) is 0 Å². The molecule has 1 amide bonds. The molecule has 1 aromatic heterocycles. The molecule has 1 aliphatic carbocycles. The molecule has 4 nitrogen and oxygen atoms in total. The Labute approximate surface area is 124 Å². The first kappa shape index (κ1) is 13.9. The second kappa shape index (κ2) is 6.12. The molecule has 1 aromatic carbocycles. The van der Waals surface area contributed by atoms with Gasteiger partial charge in [0.2, 0.25) is 5.91 Å². The van der Waals surface area contributed by atoms with Crippen molar-refractivity contribution in [2.45, 2.75) is 44.7 Å². The zero-order valence-electron chi connectivity index (χ0n) is 12.0. The summed E-state index contributed by atoms with van der Waals surface area (Å²) < 4.78 is 1.90. The molecule has 1 N–H and O–H groups in total. The van der Waals surface area contributed by atoms with Crippen molar-refractivity contribution >= 4 is 23.1 Å². The Morgan fingerprint density at radius 2 is 2.05 bits per heavy atom. The molecule has 1 aliphatic rings. The maximum Gasteiger partial charge on any atom is 0.240 e. The average Bonchev–Trinajstić information content (AvgIpc) is 2.91. The molecule has 3 rings (SSSR count). The molecule has 1 fully saturated rings. The number of rotatable bonds is 4. The van der Waals surface area contributed by atoms with Gasteiger partial charge in [-0.25, -0.2) is 0 Å². The fraction of sp³-hybridized carbons (Fsp3) is 0.412. The van der Waals surface area contributed by atoms with Gasteiger partial charge in [-0.3, -0.25) is 9.59 Å². The lowest BCUT2D eigenvalue weighted by Crippen LogP contribution is -2.38. The number of hydrogen-bond acceptors (Lipinski definition) is 2. The lowest BCUT2D eigenvalue weighted by atomic mass is 9.95. The number of nitrogens with one attached hydrogen (secondary N) is 1. The normalized spacial score (nSPS) is 16.0. The molecule has 0 saturated heterocycles. The highest BCUT2D eigenvalue weighted by atomic mass is 16.2. The zero-order valence-corrected chi connectivity index (χ0v) is 12.0. The molecule has 0 aliphatic heterocycles. The van der Waals surface area contributed by atoms with Gasteiger partial charge in [0.15, 0.2) is 6.29 Å². The summed E-state index contributed by atoms with van der Waals surface area (Å²) in [6, 6.07) is 7.81. The molecule has 1 heterocycles. The van der Waals surface area contributed by atoms with Crippen LogP contribution >= 0.6 is 0 Å². The highest BCUT2D eigenvalue weighted by molar-refractivity contribution is 5.97. The van der Waals surface area contributed by atoms with Crippen molar-refractivity contribution in [2.24, 2.45) is 0 Å². The number of nitrogens with zero attached hydrogens (tertiary/aromatic N) is 1. The van der Waals surface area contributed by atoms with Gasteiger partial charge < -0.3 is 9.88 Å². The fourth-order valence-electron chi connectivity index (χ4n) is 3.16. The van der Waals surface area contributed by atoms with E-state index in [1.807, 2.05) is 29.0 Å². The average molecular weight is 284 g/mol. The molecule has 2 aromatic rings. The van der Waals surface area contributed by atoms with E-state index in [9.17, 15) is 9.59 Å². The second-order valence-electron chi connectivity index (χ2n) is 5.74. The summed E-state index contributed by atoms with van der Waals surface area (Å²) in [7, 11) is 0. The van der Waals surface area contributed by atoms with Gasteiger partial charge in [0.05, 0.1) is 0 Å². The standard InChI is InChI=1S/C17H20N2O2/c20-12-13-5-4-8-16-15(13)9-10-19(16)11-17(21)18-14-6-2-1-3-7-14/h4-5,8-10,12,14H,1-3,6-7,11H2,(H,18,21). The van der Waals surface area contributed by atoms with Crippen molar-refractivity contribution in [1.82, 2.24) is 9.88 Å². The molecule has 0 spiro atoms. The molecule has 0 radical (unpaired) electrons. The van der Waals surface area contributed by atoms with Crippen LogP contribution in [-0.2, 0) is 11.3 Å². The van der Waals surface area contributed by atoms with Gasteiger partial charge >= 0.3 is 0 Å². The van der Waals surface area contributed by atoms with Crippen molar-refractivity contribution in [3.05, 3.63) is 36.0 Å². The van der Waals surface area contributed by atoms with Crippen LogP contribution in [0.1, 0.15) is 42.5 Å². The summed E-state index contributed by atoms with van der Waals surface area (Å²) in [5.41, 5.74) is 1.59. The number of benzene rings is 1. The van der Waals surface area contributed by atoms with Gasteiger partial charge in [-0.15, -0.1) is 0 Å². The van der Waals surface area contributed by atoms with Crippen LogP contribution in [-0.4, -0.2) is 22.8 Å². The molecule has 21 heavy (non-hydrogen) atoms. The predicted molar refractivity (Wildman–Crippen MR) is 82.3 cm³/mol. The molecule has 0 bridgehead atoms. The Morgan fingerprint density at radius 3 is 2.81 bits per heavy atom. The van der Waals surface area contributed by atoms with Gasteiger partial charge in [-0.2, -0.15) is 0 Å². The number of aromatic nitrogens is 1. The van der Waals surface area contributed by atoms with Crippen LogP contribution in [0.4, 0.5) is 0 Å². The van der Waals surface area contributed by atoms with E-state index in [2.05, 4.69) is 5.32 Å². The summed E-state index contributed by atoms with van der Waals surface area (Å²) in [6.45, 7) is 0.308. The van der Waals surface area contributed by atoms with E-state index in [0.717, 1.165) is 30.0 Å². The number of hydrogen-bond donors (Lipinski definition) is 1. The highest BCUT2D eigenvalue weighted by Crippen LogP contribution is 2.20. The molecule has 0 atom stereocenters. The maximum atomic E-state index is 12.2. The number of aldehydes is 1. The van der Waals surface area contributed by atoms with Crippen LogP contribution in [0.15, 0.2) is 30.5 Å². The predicted octanol–water partition coefficient (Wildman–Crippen LogP) is 2.90. The van der Waals surface area contributed by atoms with Gasteiger partial charge in [0.25, 0.3) is 0 Å². The second-order valence-corrected chi connectivity index (χ2v) is 5.74. The van der Waals surface area contributed by atoms with Crippen molar-refractivity contribution < 1.29 is 9.59 Å². The third-order valence-electron chi connectivity index (χ3n) is 4.26. The summed E-state index contributed by atoms with van der Waals surface area (Å²) >= 11 is 0. The Bertz CT molecular complexity index is 654. The van der Waals surface area contributed by atoms with Crippen LogP contribution in [0.2, 0.25) is 0 Å². The van der Waals surface area contributed by atoms with E-state index < -0.39 is 0 Å². The Hall–Kier alpha value is -2.10. The zero-order chi connectivity index (χ0) is 14.7. The molecule has 0 unspecified atom stereocenters. The highest BCUT2D eigenvalue weighted by Gasteiger charge is 2.16. The summed E-state index contributed by atoms with van der Waals surface area (Å²) in [5.74, 6) is 0.0518. The first-order chi connectivity index (χ1) is 10.3. The van der Waals surface area contributed by atoms with Crippen LogP contribution in [0.3, 0.4) is 0 Å². The third-order valence-corrected chi connectivity index (χ3v) is 4.26. The number of fused-ring (bicyclic) bond motifs is 1. The van der Waals surface area contributed by atoms with E-state index in [0.29, 0.717) is 18.2 Å². The molecular formula is C17H20N2O2. The van der Waals surface area contributed by atoms with Gasteiger partial charge in [-0.1, -0.05) is 31.4 Å². The van der Waals surface area contributed by atoms with Gasteiger partial charge in [-0.05, 0) is 25.0 Å². The smallest absolute Gasteiger partial charge is 0.240 e. The monoisotopic (exact) mass is 284 g/mol. The number of carbonyl (C=O) groups excluding carboxylic acids is 2.